The molecule has 0 fully saturated rings. The van der Waals surface area contributed by atoms with E-state index in [1.165, 1.54) is 22.4 Å². The Morgan fingerprint density at radius 3 is 3.11 bits per heavy atom. The van der Waals surface area contributed by atoms with Crippen molar-refractivity contribution in [2.75, 3.05) is 11.9 Å². The molecule has 27 heavy (non-hydrogen) atoms. The number of nitrogens with one attached hydrogen (secondary N) is 3. The van der Waals surface area contributed by atoms with Crippen LogP contribution in [0.2, 0.25) is 0 Å². The summed E-state index contributed by atoms with van der Waals surface area (Å²) in [5.74, 6) is -0.138. The van der Waals surface area contributed by atoms with Crippen LogP contribution in [-0.2, 0) is 6.54 Å². The molecule has 0 saturated heterocycles. The maximum absolute atomic E-state index is 12.8. The summed E-state index contributed by atoms with van der Waals surface area (Å²) in [6.45, 7) is 3.99. The second kappa shape index (κ2) is 6.37. The van der Waals surface area contributed by atoms with Gasteiger partial charge in [-0.1, -0.05) is 6.07 Å². The maximum atomic E-state index is 12.8. The van der Waals surface area contributed by atoms with Gasteiger partial charge < -0.3 is 14.9 Å². The summed E-state index contributed by atoms with van der Waals surface area (Å²) in [6.07, 6.45) is 1.86. The highest BCUT2D eigenvalue weighted by molar-refractivity contribution is 7.14. The van der Waals surface area contributed by atoms with Crippen LogP contribution >= 0.6 is 11.3 Å². The number of amides is 1. The average Bonchev–Trinajstić information content (AvgIpc) is 3.40. The lowest BCUT2D eigenvalue weighted by Crippen LogP contribution is -2.30. The Hall–Kier alpha value is -2.90. The zero-order chi connectivity index (χ0) is 18.4. The van der Waals surface area contributed by atoms with E-state index in [9.17, 15) is 4.79 Å². The van der Waals surface area contributed by atoms with E-state index in [1.54, 1.807) is 0 Å². The van der Waals surface area contributed by atoms with Crippen LogP contribution in [0.25, 0.3) is 22.3 Å². The van der Waals surface area contributed by atoms with Crippen molar-refractivity contribution >= 4 is 33.3 Å². The summed E-state index contributed by atoms with van der Waals surface area (Å²) in [5, 5.41) is 10.0. The first kappa shape index (κ1) is 16.3. The van der Waals surface area contributed by atoms with Crippen molar-refractivity contribution in [3.05, 3.63) is 59.2 Å². The zero-order valence-electron chi connectivity index (χ0n) is 14.8. The third-order valence-corrected chi connectivity index (χ3v) is 5.73. The first-order valence-corrected chi connectivity index (χ1v) is 9.82. The molecular formula is C20H19N5OS. The van der Waals surface area contributed by atoms with Gasteiger partial charge in [-0.3, -0.25) is 10.1 Å². The fourth-order valence-electron chi connectivity index (χ4n) is 3.69. The molecule has 1 unspecified atom stereocenters. The molecule has 136 valence electrons. The molecule has 1 atom stereocenters. The lowest BCUT2D eigenvalue weighted by atomic mass is 10.1. The molecule has 0 radical (unpaired) electrons. The van der Waals surface area contributed by atoms with Gasteiger partial charge in [0.15, 0.2) is 5.13 Å². The number of rotatable bonds is 3. The first-order chi connectivity index (χ1) is 13.2. The van der Waals surface area contributed by atoms with E-state index in [1.807, 2.05) is 41.9 Å². The van der Waals surface area contributed by atoms with Crippen LogP contribution in [0.1, 0.15) is 29.0 Å². The van der Waals surface area contributed by atoms with Gasteiger partial charge in [0.25, 0.3) is 5.91 Å². The van der Waals surface area contributed by atoms with E-state index in [4.69, 9.17) is 0 Å². The van der Waals surface area contributed by atoms with Gasteiger partial charge in [-0.15, -0.1) is 11.3 Å². The number of benzene rings is 1. The monoisotopic (exact) mass is 377 g/mol. The van der Waals surface area contributed by atoms with E-state index in [2.05, 4.69) is 38.2 Å². The van der Waals surface area contributed by atoms with E-state index in [0.29, 0.717) is 16.7 Å². The van der Waals surface area contributed by atoms with Crippen molar-refractivity contribution in [3.63, 3.8) is 0 Å². The fourth-order valence-corrected chi connectivity index (χ4v) is 4.40. The van der Waals surface area contributed by atoms with Gasteiger partial charge in [0.2, 0.25) is 0 Å². The molecule has 1 aromatic carbocycles. The topological polar surface area (TPSA) is 74.7 Å². The summed E-state index contributed by atoms with van der Waals surface area (Å²) in [4.78, 5) is 20.4. The van der Waals surface area contributed by atoms with Crippen molar-refractivity contribution < 1.29 is 4.79 Å². The molecule has 1 amide bonds. The second-order valence-electron chi connectivity index (χ2n) is 6.84. The Kier molecular flexibility index (Phi) is 3.84. The first-order valence-electron chi connectivity index (χ1n) is 8.94. The molecule has 3 aromatic heterocycles. The van der Waals surface area contributed by atoms with E-state index >= 15 is 0 Å². The van der Waals surface area contributed by atoms with E-state index in [0.717, 1.165) is 30.0 Å². The SMILES string of the molecule is CC1CNCc2cc3ccc(C(=O)Nc4nc(-c5ccc[nH]5)cs4)cc3n21. The fraction of sp³-hybridized carbons (Fsp3) is 0.200. The number of aromatic amines is 1. The zero-order valence-corrected chi connectivity index (χ0v) is 15.6. The molecule has 0 saturated carbocycles. The third kappa shape index (κ3) is 2.85. The Bertz CT molecular complexity index is 1120. The van der Waals surface area contributed by atoms with Crippen LogP contribution in [0, 0.1) is 0 Å². The predicted octanol–water partition coefficient (Wildman–Crippen LogP) is 4.01. The molecular weight excluding hydrogens is 358 g/mol. The minimum absolute atomic E-state index is 0.138. The van der Waals surface area contributed by atoms with Crippen molar-refractivity contribution in [3.8, 4) is 11.4 Å². The minimum Gasteiger partial charge on any atom is -0.360 e. The summed E-state index contributed by atoms with van der Waals surface area (Å²) in [6, 6.07) is 12.3. The Morgan fingerprint density at radius 1 is 1.33 bits per heavy atom. The van der Waals surface area contributed by atoms with Crippen molar-refractivity contribution in [1.29, 1.82) is 0 Å². The summed E-state index contributed by atoms with van der Waals surface area (Å²) in [5.41, 5.74) is 4.79. The Morgan fingerprint density at radius 2 is 2.26 bits per heavy atom. The second-order valence-corrected chi connectivity index (χ2v) is 7.69. The smallest absolute Gasteiger partial charge is 0.257 e. The normalized spacial score (nSPS) is 16.4. The Labute approximate surface area is 160 Å². The number of aromatic nitrogens is 3. The molecule has 6 nitrogen and oxygen atoms in total. The van der Waals surface area contributed by atoms with Gasteiger partial charge in [0.1, 0.15) is 0 Å². The number of fused-ring (bicyclic) bond motifs is 3. The largest absolute Gasteiger partial charge is 0.360 e. The molecule has 1 aliphatic heterocycles. The third-order valence-electron chi connectivity index (χ3n) is 4.97. The molecule has 4 aromatic rings. The van der Waals surface area contributed by atoms with Gasteiger partial charge >= 0.3 is 0 Å². The Balaban J connectivity index is 1.43. The summed E-state index contributed by atoms with van der Waals surface area (Å²) < 4.78 is 2.33. The van der Waals surface area contributed by atoms with E-state index < -0.39 is 0 Å². The molecule has 5 rings (SSSR count). The maximum Gasteiger partial charge on any atom is 0.257 e. The number of carbonyl (C=O) groups excluding carboxylic acids is 1. The molecule has 0 bridgehead atoms. The van der Waals surface area contributed by atoms with Crippen LogP contribution in [0.15, 0.2) is 48.0 Å². The van der Waals surface area contributed by atoms with Crippen molar-refractivity contribution in [1.82, 2.24) is 19.9 Å². The summed E-state index contributed by atoms with van der Waals surface area (Å²) >= 11 is 1.42. The number of H-pyrrole nitrogens is 1. The van der Waals surface area contributed by atoms with Crippen LogP contribution in [-0.4, -0.2) is 27.0 Å². The van der Waals surface area contributed by atoms with Crippen molar-refractivity contribution in [2.45, 2.75) is 19.5 Å². The lowest BCUT2D eigenvalue weighted by Gasteiger charge is -2.24. The van der Waals surface area contributed by atoms with Crippen LogP contribution in [0.5, 0.6) is 0 Å². The number of nitrogens with zero attached hydrogens (tertiary/aromatic N) is 2. The average molecular weight is 377 g/mol. The molecule has 4 heterocycles. The minimum atomic E-state index is -0.138. The highest BCUT2D eigenvalue weighted by Crippen LogP contribution is 2.28. The van der Waals surface area contributed by atoms with Crippen LogP contribution < -0.4 is 10.6 Å². The number of thiazole rings is 1. The predicted molar refractivity (Wildman–Crippen MR) is 108 cm³/mol. The standard InChI is InChI=1S/C20H19N5OS/c1-12-9-21-10-15-7-13-4-5-14(8-18(13)25(12)15)19(26)24-20-23-17(11-27-20)16-3-2-6-22-16/h2-8,11-12,21-22H,9-10H2,1H3,(H,23,24,26). The molecule has 0 aliphatic carbocycles. The highest BCUT2D eigenvalue weighted by Gasteiger charge is 2.19. The van der Waals surface area contributed by atoms with Gasteiger partial charge in [-0.05, 0) is 42.6 Å². The molecule has 3 N–H and O–H groups in total. The number of anilines is 1. The van der Waals surface area contributed by atoms with Gasteiger partial charge in [-0.2, -0.15) is 0 Å². The van der Waals surface area contributed by atoms with Gasteiger partial charge in [0, 0.05) is 47.5 Å². The quantitative estimate of drug-likeness (QED) is 0.505. The number of hydrogen-bond donors (Lipinski definition) is 3. The van der Waals surface area contributed by atoms with Gasteiger partial charge in [0.05, 0.1) is 11.4 Å². The number of hydrogen-bond acceptors (Lipinski definition) is 4. The lowest BCUT2D eigenvalue weighted by molar-refractivity contribution is 0.102. The number of carbonyl (C=O) groups is 1. The van der Waals surface area contributed by atoms with Crippen molar-refractivity contribution in [2.24, 2.45) is 0 Å². The molecule has 0 spiro atoms. The van der Waals surface area contributed by atoms with E-state index in [-0.39, 0.29) is 5.91 Å². The molecule has 7 heteroatoms. The molecule has 1 aliphatic rings. The highest BCUT2D eigenvalue weighted by atomic mass is 32.1. The van der Waals surface area contributed by atoms with Crippen LogP contribution in [0.4, 0.5) is 5.13 Å². The van der Waals surface area contributed by atoms with Gasteiger partial charge in [-0.25, -0.2) is 4.98 Å². The summed E-state index contributed by atoms with van der Waals surface area (Å²) in [7, 11) is 0. The van der Waals surface area contributed by atoms with Crippen LogP contribution in [0.3, 0.4) is 0 Å².